The number of esters is 1. The summed E-state index contributed by atoms with van der Waals surface area (Å²) in [6, 6.07) is 11.8. The standard InChI is InChI=1S/C18H21NO2/c1-5-21-18(20)15-10-11-16(19-17(15)12(2)3)14-9-7-6-8-13(14)4/h6-12H,5H2,1-4H3. The Balaban J connectivity index is 2.51. The Hall–Kier alpha value is -2.16. The fourth-order valence-corrected chi connectivity index (χ4v) is 2.31. The topological polar surface area (TPSA) is 39.2 Å². The molecule has 0 saturated carbocycles. The van der Waals surface area contributed by atoms with Crippen LogP contribution in [0.15, 0.2) is 36.4 Å². The van der Waals surface area contributed by atoms with E-state index >= 15 is 0 Å². The first-order valence-corrected chi connectivity index (χ1v) is 7.28. The van der Waals surface area contributed by atoms with Crippen molar-refractivity contribution in [2.75, 3.05) is 6.61 Å². The van der Waals surface area contributed by atoms with Crippen LogP contribution in [-0.4, -0.2) is 17.6 Å². The highest BCUT2D eigenvalue weighted by atomic mass is 16.5. The third-order valence-corrected chi connectivity index (χ3v) is 3.39. The molecule has 0 spiro atoms. The average molecular weight is 283 g/mol. The Morgan fingerprint density at radius 3 is 2.52 bits per heavy atom. The average Bonchev–Trinajstić information content (AvgIpc) is 2.47. The van der Waals surface area contributed by atoms with Gasteiger partial charge in [0, 0.05) is 5.56 Å². The van der Waals surface area contributed by atoms with Crippen LogP contribution in [-0.2, 0) is 4.74 Å². The third-order valence-electron chi connectivity index (χ3n) is 3.39. The Morgan fingerprint density at radius 2 is 1.90 bits per heavy atom. The molecule has 0 radical (unpaired) electrons. The monoisotopic (exact) mass is 283 g/mol. The number of carbonyl (C=O) groups excluding carboxylic acids is 1. The van der Waals surface area contributed by atoms with Gasteiger partial charge in [-0.2, -0.15) is 0 Å². The molecule has 0 N–H and O–H groups in total. The number of hydrogen-bond donors (Lipinski definition) is 0. The Bertz CT molecular complexity index is 647. The molecule has 0 amide bonds. The fraction of sp³-hybridized carbons (Fsp3) is 0.333. The van der Waals surface area contributed by atoms with Crippen molar-refractivity contribution in [1.82, 2.24) is 4.98 Å². The van der Waals surface area contributed by atoms with Gasteiger partial charge in [0.2, 0.25) is 0 Å². The number of carbonyl (C=O) groups is 1. The molecule has 0 aliphatic rings. The maximum atomic E-state index is 12.0. The van der Waals surface area contributed by atoms with Gasteiger partial charge in [0.25, 0.3) is 0 Å². The van der Waals surface area contributed by atoms with Crippen molar-refractivity contribution in [2.45, 2.75) is 33.6 Å². The van der Waals surface area contributed by atoms with Gasteiger partial charge in [-0.05, 0) is 37.5 Å². The molecule has 1 aromatic heterocycles. The van der Waals surface area contributed by atoms with Gasteiger partial charge < -0.3 is 4.74 Å². The SMILES string of the molecule is CCOC(=O)c1ccc(-c2ccccc2C)nc1C(C)C. The maximum absolute atomic E-state index is 12.0. The van der Waals surface area contributed by atoms with Crippen molar-refractivity contribution in [3.8, 4) is 11.3 Å². The summed E-state index contributed by atoms with van der Waals surface area (Å²) in [4.78, 5) is 16.7. The van der Waals surface area contributed by atoms with Gasteiger partial charge >= 0.3 is 5.97 Å². The molecule has 110 valence electrons. The van der Waals surface area contributed by atoms with E-state index < -0.39 is 0 Å². The largest absolute Gasteiger partial charge is 0.462 e. The fourth-order valence-electron chi connectivity index (χ4n) is 2.31. The highest BCUT2D eigenvalue weighted by molar-refractivity contribution is 5.91. The zero-order chi connectivity index (χ0) is 15.4. The number of aromatic nitrogens is 1. The molecule has 0 unspecified atom stereocenters. The van der Waals surface area contributed by atoms with Crippen LogP contribution in [0.3, 0.4) is 0 Å². The molecule has 1 aromatic carbocycles. The second-order valence-corrected chi connectivity index (χ2v) is 5.32. The lowest BCUT2D eigenvalue weighted by atomic mass is 10.00. The van der Waals surface area contributed by atoms with E-state index in [9.17, 15) is 4.79 Å². The first-order valence-electron chi connectivity index (χ1n) is 7.28. The molecule has 2 aromatic rings. The lowest BCUT2D eigenvalue weighted by Gasteiger charge is -2.13. The van der Waals surface area contributed by atoms with E-state index in [-0.39, 0.29) is 11.9 Å². The molecule has 3 nitrogen and oxygen atoms in total. The Morgan fingerprint density at radius 1 is 1.19 bits per heavy atom. The number of nitrogens with zero attached hydrogens (tertiary/aromatic N) is 1. The van der Waals surface area contributed by atoms with Crippen molar-refractivity contribution in [3.05, 3.63) is 53.2 Å². The Labute approximate surface area is 126 Å². The normalized spacial score (nSPS) is 10.7. The van der Waals surface area contributed by atoms with Crippen molar-refractivity contribution in [1.29, 1.82) is 0 Å². The van der Waals surface area contributed by atoms with Crippen LogP contribution in [0.4, 0.5) is 0 Å². The lowest BCUT2D eigenvalue weighted by Crippen LogP contribution is -2.11. The van der Waals surface area contributed by atoms with Crippen molar-refractivity contribution in [3.63, 3.8) is 0 Å². The quantitative estimate of drug-likeness (QED) is 0.783. The highest BCUT2D eigenvalue weighted by Gasteiger charge is 2.17. The van der Waals surface area contributed by atoms with Gasteiger partial charge in [-0.3, -0.25) is 4.98 Å². The van der Waals surface area contributed by atoms with Crippen molar-refractivity contribution in [2.24, 2.45) is 0 Å². The summed E-state index contributed by atoms with van der Waals surface area (Å²) in [6.07, 6.45) is 0. The highest BCUT2D eigenvalue weighted by Crippen LogP contribution is 2.26. The predicted molar refractivity (Wildman–Crippen MR) is 84.5 cm³/mol. The number of ether oxygens (including phenoxy) is 1. The molecular formula is C18H21NO2. The van der Waals surface area contributed by atoms with Gasteiger partial charge in [0.05, 0.1) is 23.6 Å². The molecule has 3 heteroatoms. The number of hydrogen-bond acceptors (Lipinski definition) is 3. The van der Waals surface area contributed by atoms with Crippen LogP contribution in [0.2, 0.25) is 0 Å². The number of aryl methyl sites for hydroxylation is 1. The number of rotatable bonds is 4. The predicted octanol–water partition coefficient (Wildman–Crippen LogP) is 4.36. The van der Waals surface area contributed by atoms with Crippen LogP contribution in [0.5, 0.6) is 0 Å². The summed E-state index contributed by atoms with van der Waals surface area (Å²) in [5.74, 6) is -0.140. The molecular weight excluding hydrogens is 262 g/mol. The van der Waals surface area contributed by atoms with Crippen LogP contribution in [0.25, 0.3) is 11.3 Å². The molecule has 0 bridgehead atoms. The zero-order valence-electron chi connectivity index (χ0n) is 13.0. The molecule has 0 fully saturated rings. The minimum atomic E-state index is -0.301. The summed E-state index contributed by atoms with van der Waals surface area (Å²) in [7, 11) is 0. The molecule has 2 rings (SSSR count). The van der Waals surface area contributed by atoms with E-state index in [0.29, 0.717) is 12.2 Å². The maximum Gasteiger partial charge on any atom is 0.339 e. The van der Waals surface area contributed by atoms with Gasteiger partial charge in [0.1, 0.15) is 0 Å². The van der Waals surface area contributed by atoms with Crippen LogP contribution in [0, 0.1) is 6.92 Å². The second kappa shape index (κ2) is 6.53. The summed E-state index contributed by atoms with van der Waals surface area (Å²) in [5.41, 5.74) is 4.50. The van der Waals surface area contributed by atoms with Gasteiger partial charge in [0.15, 0.2) is 0 Å². The summed E-state index contributed by atoms with van der Waals surface area (Å²) >= 11 is 0. The van der Waals surface area contributed by atoms with E-state index in [0.717, 1.165) is 17.0 Å². The smallest absolute Gasteiger partial charge is 0.339 e. The summed E-state index contributed by atoms with van der Waals surface area (Å²) < 4.78 is 5.11. The zero-order valence-corrected chi connectivity index (χ0v) is 13.0. The minimum Gasteiger partial charge on any atom is -0.462 e. The van der Waals surface area contributed by atoms with E-state index in [1.54, 1.807) is 0 Å². The van der Waals surface area contributed by atoms with E-state index in [1.807, 2.05) is 51.1 Å². The van der Waals surface area contributed by atoms with Crippen LogP contribution in [0.1, 0.15) is 48.3 Å². The molecule has 1 heterocycles. The van der Waals surface area contributed by atoms with Crippen LogP contribution >= 0.6 is 0 Å². The van der Waals surface area contributed by atoms with Crippen LogP contribution < -0.4 is 0 Å². The number of pyridine rings is 1. The van der Waals surface area contributed by atoms with E-state index in [1.165, 1.54) is 5.56 Å². The van der Waals surface area contributed by atoms with Crippen molar-refractivity contribution < 1.29 is 9.53 Å². The van der Waals surface area contributed by atoms with E-state index in [4.69, 9.17) is 9.72 Å². The molecule has 0 atom stereocenters. The van der Waals surface area contributed by atoms with Gasteiger partial charge in [-0.15, -0.1) is 0 Å². The molecule has 0 saturated heterocycles. The summed E-state index contributed by atoms with van der Waals surface area (Å²) in [5, 5.41) is 0. The first kappa shape index (κ1) is 15.2. The Kier molecular flexibility index (Phi) is 4.73. The lowest BCUT2D eigenvalue weighted by molar-refractivity contribution is 0.0524. The van der Waals surface area contributed by atoms with Gasteiger partial charge in [-0.1, -0.05) is 38.1 Å². The van der Waals surface area contributed by atoms with Gasteiger partial charge in [-0.25, -0.2) is 4.79 Å². The molecule has 0 aliphatic heterocycles. The minimum absolute atomic E-state index is 0.161. The molecule has 0 aliphatic carbocycles. The first-order chi connectivity index (χ1) is 10.0. The summed E-state index contributed by atoms with van der Waals surface area (Å²) in [6.45, 7) is 8.31. The second-order valence-electron chi connectivity index (χ2n) is 5.32. The molecule has 21 heavy (non-hydrogen) atoms. The third kappa shape index (κ3) is 3.30. The number of benzene rings is 1. The van der Waals surface area contributed by atoms with E-state index in [2.05, 4.69) is 13.0 Å². The van der Waals surface area contributed by atoms with Crippen molar-refractivity contribution >= 4 is 5.97 Å².